The SMILES string of the molecule is CC1=CC/C(C)=C\CC/C=C(/C)CCC1C. The first-order chi connectivity index (χ1) is 7.59. The molecule has 0 N–H and O–H groups in total. The summed E-state index contributed by atoms with van der Waals surface area (Å²) in [7, 11) is 0. The van der Waals surface area contributed by atoms with Gasteiger partial charge >= 0.3 is 0 Å². The van der Waals surface area contributed by atoms with Crippen LogP contribution >= 0.6 is 0 Å². The van der Waals surface area contributed by atoms with E-state index in [1.807, 2.05) is 0 Å². The highest BCUT2D eigenvalue weighted by Crippen LogP contribution is 2.21. The van der Waals surface area contributed by atoms with Gasteiger partial charge in [0.25, 0.3) is 0 Å². The molecule has 0 fully saturated rings. The smallest absolute Gasteiger partial charge is 0.0139 e. The molecule has 0 aromatic rings. The molecule has 0 amide bonds. The first-order valence-corrected chi connectivity index (χ1v) is 6.57. The Morgan fingerprint density at radius 1 is 0.938 bits per heavy atom. The third-order valence-corrected chi connectivity index (χ3v) is 3.65. The van der Waals surface area contributed by atoms with Crippen LogP contribution < -0.4 is 0 Å². The maximum Gasteiger partial charge on any atom is -0.0139 e. The van der Waals surface area contributed by atoms with E-state index in [1.165, 1.54) is 31.3 Å². The van der Waals surface area contributed by atoms with Crippen molar-refractivity contribution in [3.63, 3.8) is 0 Å². The van der Waals surface area contributed by atoms with Gasteiger partial charge in [-0.2, -0.15) is 0 Å². The Labute approximate surface area is 101 Å². The minimum atomic E-state index is 0.732. The standard InChI is InChI=1S/C16H26/c1-13-7-5-6-8-14(2)10-12-16(4)15(3)11-9-13/h7-8,11,16H,5-6,9-10,12H2,1-4H3/b13-7-,14-8-,15-11?. The van der Waals surface area contributed by atoms with E-state index in [4.69, 9.17) is 0 Å². The minimum Gasteiger partial charge on any atom is -0.0853 e. The van der Waals surface area contributed by atoms with E-state index in [0.717, 1.165) is 12.3 Å². The fourth-order valence-electron chi connectivity index (χ4n) is 2.04. The lowest BCUT2D eigenvalue weighted by Crippen LogP contribution is -1.97. The van der Waals surface area contributed by atoms with Crippen molar-refractivity contribution >= 4 is 0 Å². The Bertz CT molecular complexity index is 302. The van der Waals surface area contributed by atoms with Crippen LogP contribution in [0.15, 0.2) is 34.9 Å². The van der Waals surface area contributed by atoms with Crippen LogP contribution in [-0.2, 0) is 0 Å². The van der Waals surface area contributed by atoms with Gasteiger partial charge in [-0.1, -0.05) is 41.9 Å². The van der Waals surface area contributed by atoms with Gasteiger partial charge in [-0.25, -0.2) is 0 Å². The summed E-state index contributed by atoms with van der Waals surface area (Å²) in [5.74, 6) is 0.732. The fourth-order valence-corrected chi connectivity index (χ4v) is 2.04. The molecule has 0 radical (unpaired) electrons. The first-order valence-electron chi connectivity index (χ1n) is 6.57. The Morgan fingerprint density at radius 3 is 2.25 bits per heavy atom. The molecule has 0 saturated heterocycles. The van der Waals surface area contributed by atoms with Crippen LogP contribution in [0.2, 0.25) is 0 Å². The molecule has 90 valence electrons. The lowest BCUT2D eigenvalue weighted by molar-refractivity contribution is 0.607. The molecule has 16 heavy (non-hydrogen) atoms. The molecule has 0 aromatic heterocycles. The summed E-state index contributed by atoms with van der Waals surface area (Å²) >= 11 is 0. The van der Waals surface area contributed by atoms with E-state index in [9.17, 15) is 0 Å². The molecule has 1 atom stereocenters. The van der Waals surface area contributed by atoms with Crippen molar-refractivity contribution in [2.24, 2.45) is 5.92 Å². The van der Waals surface area contributed by atoms with Crippen LogP contribution in [0.4, 0.5) is 0 Å². The first kappa shape index (κ1) is 13.3. The van der Waals surface area contributed by atoms with Crippen LogP contribution in [0, 0.1) is 5.92 Å². The molecule has 1 aliphatic carbocycles. The predicted octanol–water partition coefficient (Wildman–Crippen LogP) is 5.43. The second-order valence-corrected chi connectivity index (χ2v) is 5.27. The molecule has 0 aromatic carbocycles. The van der Waals surface area contributed by atoms with E-state index in [1.54, 1.807) is 11.1 Å². The van der Waals surface area contributed by atoms with Gasteiger partial charge < -0.3 is 0 Å². The lowest BCUT2D eigenvalue weighted by atomic mass is 9.93. The van der Waals surface area contributed by atoms with Crippen molar-refractivity contribution in [2.75, 3.05) is 0 Å². The molecule has 0 bridgehead atoms. The summed E-state index contributed by atoms with van der Waals surface area (Å²) in [5.41, 5.74) is 4.63. The molecular formula is C16H26. The maximum atomic E-state index is 2.41. The van der Waals surface area contributed by atoms with Gasteiger partial charge in [0.15, 0.2) is 0 Å². The zero-order chi connectivity index (χ0) is 12.0. The molecular weight excluding hydrogens is 192 g/mol. The van der Waals surface area contributed by atoms with Crippen LogP contribution in [0.25, 0.3) is 0 Å². The third kappa shape index (κ3) is 4.83. The molecule has 1 rings (SSSR count). The van der Waals surface area contributed by atoms with E-state index in [0.29, 0.717) is 0 Å². The molecule has 1 aliphatic rings. The number of allylic oxidation sites excluding steroid dienone is 6. The van der Waals surface area contributed by atoms with Gasteiger partial charge in [0, 0.05) is 0 Å². The van der Waals surface area contributed by atoms with Crippen molar-refractivity contribution in [1.82, 2.24) is 0 Å². The average molecular weight is 218 g/mol. The normalized spacial score (nSPS) is 31.2. The number of hydrogen-bond donors (Lipinski definition) is 0. The highest BCUT2D eigenvalue weighted by Gasteiger charge is 2.05. The van der Waals surface area contributed by atoms with E-state index in [2.05, 4.69) is 45.9 Å². The molecule has 1 unspecified atom stereocenters. The van der Waals surface area contributed by atoms with E-state index >= 15 is 0 Å². The van der Waals surface area contributed by atoms with Gasteiger partial charge in [-0.15, -0.1) is 0 Å². The minimum absolute atomic E-state index is 0.732. The Hall–Kier alpha value is -0.780. The Balaban J connectivity index is 2.74. The van der Waals surface area contributed by atoms with Gasteiger partial charge in [0.1, 0.15) is 0 Å². The van der Waals surface area contributed by atoms with Gasteiger partial charge in [-0.3, -0.25) is 0 Å². The van der Waals surface area contributed by atoms with Crippen molar-refractivity contribution < 1.29 is 0 Å². The highest BCUT2D eigenvalue weighted by molar-refractivity contribution is 5.12. The predicted molar refractivity (Wildman–Crippen MR) is 73.5 cm³/mol. The second kappa shape index (κ2) is 6.73. The molecule has 0 heteroatoms. The van der Waals surface area contributed by atoms with Gasteiger partial charge in [-0.05, 0) is 58.8 Å². The molecule has 0 spiro atoms. The van der Waals surface area contributed by atoms with Crippen molar-refractivity contribution in [1.29, 1.82) is 0 Å². The van der Waals surface area contributed by atoms with Crippen molar-refractivity contribution in [3.8, 4) is 0 Å². The molecule has 0 saturated carbocycles. The van der Waals surface area contributed by atoms with E-state index in [-0.39, 0.29) is 0 Å². The van der Waals surface area contributed by atoms with Crippen LogP contribution in [0.3, 0.4) is 0 Å². The summed E-state index contributed by atoms with van der Waals surface area (Å²) in [5, 5.41) is 0. The third-order valence-electron chi connectivity index (χ3n) is 3.65. The quantitative estimate of drug-likeness (QED) is 0.476. The number of rotatable bonds is 0. The van der Waals surface area contributed by atoms with Crippen LogP contribution in [0.1, 0.15) is 59.8 Å². The average Bonchev–Trinajstić information content (AvgIpc) is 2.27. The van der Waals surface area contributed by atoms with Crippen molar-refractivity contribution in [3.05, 3.63) is 34.9 Å². The molecule has 0 aliphatic heterocycles. The summed E-state index contributed by atoms with van der Waals surface area (Å²) in [6.07, 6.45) is 13.3. The van der Waals surface area contributed by atoms with Crippen LogP contribution in [0.5, 0.6) is 0 Å². The van der Waals surface area contributed by atoms with E-state index < -0.39 is 0 Å². The summed E-state index contributed by atoms with van der Waals surface area (Å²) in [4.78, 5) is 0. The molecule has 0 heterocycles. The maximum absolute atomic E-state index is 2.41. The summed E-state index contributed by atoms with van der Waals surface area (Å²) in [6.45, 7) is 9.15. The highest BCUT2D eigenvalue weighted by atomic mass is 14.1. The molecule has 0 nitrogen and oxygen atoms in total. The van der Waals surface area contributed by atoms with Gasteiger partial charge in [0.2, 0.25) is 0 Å². The monoisotopic (exact) mass is 218 g/mol. The number of hydrogen-bond acceptors (Lipinski definition) is 0. The zero-order valence-electron chi connectivity index (χ0n) is 11.3. The Morgan fingerprint density at radius 2 is 1.56 bits per heavy atom. The fraction of sp³-hybridized carbons (Fsp3) is 0.625. The second-order valence-electron chi connectivity index (χ2n) is 5.27. The Kier molecular flexibility index (Phi) is 5.59. The summed E-state index contributed by atoms with van der Waals surface area (Å²) in [6, 6.07) is 0. The van der Waals surface area contributed by atoms with Gasteiger partial charge in [0.05, 0.1) is 0 Å². The van der Waals surface area contributed by atoms with Crippen LogP contribution in [-0.4, -0.2) is 0 Å². The topological polar surface area (TPSA) is 0 Å². The zero-order valence-corrected chi connectivity index (χ0v) is 11.3. The largest absolute Gasteiger partial charge is 0.0853 e. The summed E-state index contributed by atoms with van der Waals surface area (Å²) < 4.78 is 0. The lowest BCUT2D eigenvalue weighted by Gasteiger charge is -2.13. The van der Waals surface area contributed by atoms with Crippen molar-refractivity contribution in [2.45, 2.75) is 59.8 Å².